The number of hydrogen-bond donors (Lipinski definition) is 1. The van der Waals surface area contributed by atoms with E-state index in [1.807, 2.05) is 14.1 Å². The molecular weight excluding hydrogens is 361 g/mol. The number of carboxylic acids is 1. The highest BCUT2D eigenvalue weighted by Gasteiger charge is 2.33. The zero-order valence-corrected chi connectivity index (χ0v) is 17.1. The standard InChI is InChI=1S/C21H32FN3O3/c1-23(2)12-13-24(3)10-8-18-15-25(11-9-17(18)14-20(26)27)21(28)16-4-6-19(22)7-5-16/h4-7,17-18H,8-15H2,1-3H3,(H,26,27)/t17-,18+/m0/s1. The van der Waals surface area contributed by atoms with Crippen LogP contribution < -0.4 is 0 Å². The van der Waals surface area contributed by atoms with Gasteiger partial charge in [-0.3, -0.25) is 9.59 Å². The van der Waals surface area contributed by atoms with Gasteiger partial charge in [0.1, 0.15) is 5.82 Å². The molecule has 156 valence electrons. The molecule has 2 rings (SSSR count). The van der Waals surface area contributed by atoms with Crippen LogP contribution in [0.4, 0.5) is 4.39 Å². The Balaban J connectivity index is 1.99. The monoisotopic (exact) mass is 393 g/mol. The van der Waals surface area contributed by atoms with Crippen LogP contribution in [0.2, 0.25) is 0 Å². The van der Waals surface area contributed by atoms with Crippen molar-refractivity contribution >= 4 is 11.9 Å². The summed E-state index contributed by atoms with van der Waals surface area (Å²) >= 11 is 0. The van der Waals surface area contributed by atoms with Gasteiger partial charge in [-0.2, -0.15) is 0 Å². The van der Waals surface area contributed by atoms with Crippen LogP contribution in [0.1, 0.15) is 29.6 Å². The van der Waals surface area contributed by atoms with Crippen LogP contribution in [0, 0.1) is 17.7 Å². The van der Waals surface area contributed by atoms with Crippen LogP contribution in [-0.2, 0) is 4.79 Å². The minimum atomic E-state index is -0.783. The Kier molecular flexibility index (Phi) is 8.38. The fraction of sp³-hybridized carbons (Fsp3) is 0.619. The average molecular weight is 394 g/mol. The Bertz CT molecular complexity index is 651. The molecule has 0 unspecified atom stereocenters. The third-order valence-electron chi connectivity index (χ3n) is 5.52. The fourth-order valence-corrected chi connectivity index (χ4v) is 3.73. The molecule has 0 saturated carbocycles. The molecule has 1 amide bonds. The molecule has 1 aliphatic heterocycles. The maximum absolute atomic E-state index is 13.1. The Hall–Kier alpha value is -1.99. The third-order valence-corrected chi connectivity index (χ3v) is 5.52. The molecule has 1 heterocycles. The van der Waals surface area contributed by atoms with Crippen LogP contribution in [-0.4, -0.2) is 85.5 Å². The van der Waals surface area contributed by atoms with Crippen LogP contribution in [0.3, 0.4) is 0 Å². The molecule has 7 heteroatoms. The van der Waals surface area contributed by atoms with Gasteiger partial charge in [-0.05, 0) is 76.6 Å². The lowest BCUT2D eigenvalue weighted by Crippen LogP contribution is -2.45. The van der Waals surface area contributed by atoms with E-state index in [0.29, 0.717) is 25.1 Å². The maximum Gasteiger partial charge on any atom is 0.303 e. The van der Waals surface area contributed by atoms with E-state index in [2.05, 4.69) is 16.8 Å². The van der Waals surface area contributed by atoms with Gasteiger partial charge >= 0.3 is 5.97 Å². The molecule has 1 aromatic rings. The van der Waals surface area contributed by atoms with Gasteiger partial charge in [-0.1, -0.05) is 0 Å². The maximum atomic E-state index is 13.1. The van der Waals surface area contributed by atoms with Crippen molar-refractivity contribution in [2.24, 2.45) is 11.8 Å². The number of halogens is 1. The Labute approximate surface area is 166 Å². The van der Waals surface area contributed by atoms with E-state index >= 15 is 0 Å². The number of carboxylic acid groups (broad SMARTS) is 1. The second-order valence-corrected chi connectivity index (χ2v) is 8.06. The zero-order valence-electron chi connectivity index (χ0n) is 17.1. The van der Waals surface area contributed by atoms with Crippen molar-refractivity contribution in [2.45, 2.75) is 19.3 Å². The minimum absolute atomic E-state index is 0.0806. The van der Waals surface area contributed by atoms with Gasteiger partial charge in [0.2, 0.25) is 0 Å². The number of hydrogen-bond acceptors (Lipinski definition) is 4. The van der Waals surface area contributed by atoms with Gasteiger partial charge in [0.05, 0.1) is 0 Å². The number of likely N-dealkylation sites (N-methyl/N-ethyl adjacent to an activating group) is 2. The van der Waals surface area contributed by atoms with Crippen LogP contribution >= 0.6 is 0 Å². The minimum Gasteiger partial charge on any atom is -0.481 e. The summed E-state index contributed by atoms with van der Waals surface area (Å²) in [6.45, 7) is 3.88. The molecule has 0 bridgehead atoms. The van der Waals surface area contributed by atoms with Gasteiger partial charge in [0, 0.05) is 38.2 Å². The lowest BCUT2D eigenvalue weighted by Gasteiger charge is -2.39. The SMILES string of the molecule is CN(C)CCN(C)CC[C@@H]1CN(C(=O)c2ccc(F)cc2)CC[C@H]1CC(=O)O. The summed E-state index contributed by atoms with van der Waals surface area (Å²) in [5, 5.41) is 9.25. The molecule has 1 saturated heterocycles. The van der Waals surface area contributed by atoms with Gasteiger partial charge in [-0.25, -0.2) is 4.39 Å². The van der Waals surface area contributed by atoms with Crippen molar-refractivity contribution in [1.82, 2.24) is 14.7 Å². The highest BCUT2D eigenvalue weighted by molar-refractivity contribution is 5.94. The van der Waals surface area contributed by atoms with Crippen LogP contribution in [0.5, 0.6) is 0 Å². The lowest BCUT2D eigenvalue weighted by molar-refractivity contribution is -0.139. The molecular formula is C21H32FN3O3. The second-order valence-electron chi connectivity index (χ2n) is 8.06. The van der Waals surface area contributed by atoms with E-state index in [0.717, 1.165) is 26.1 Å². The summed E-state index contributed by atoms with van der Waals surface area (Å²) in [7, 11) is 6.15. The first kappa shape index (κ1) is 22.3. The molecule has 6 nitrogen and oxygen atoms in total. The van der Waals surface area contributed by atoms with Crippen LogP contribution in [0.25, 0.3) is 0 Å². The fourth-order valence-electron chi connectivity index (χ4n) is 3.73. The number of carbonyl (C=O) groups excluding carboxylic acids is 1. The number of piperidine rings is 1. The van der Waals surface area contributed by atoms with Gasteiger partial charge < -0.3 is 19.8 Å². The van der Waals surface area contributed by atoms with Gasteiger partial charge in [0.15, 0.2) is 0 Å². The lowest BCUT2D eigenvalue weighted by atomic mass is 9.81. The highest BCUT2D eigenvalue weighted by atomic mass is 19.1. The summed E-state index contributed by atoms with van der Waals surface area (Å²) in [5.74, 6) is -1.03. The number of aliphatic carboxylic acids is 1. The van der Waals surface area contributed by atoms with E-state index in [-0.39, 0.29) is 30.0 Å². The first-order chi connectivity index (χ1) is 13.3. The summed E-state index contributed by atoms with van der Waals surface area (Å²) in [6, 6.07) is 5.60. The van der Waals surface area contributed by atoms with Crippen molar-refractivity contribution in [3.05, 3.63) is 35.6 Å². The smallest absolute Gasteiger partial charge is 0.303 e. The quantitative estimate of drug-likeness (QED) is 0.697. The first-order valence-electron chi connectivity index (χ1n) is 9.86. The topological polar surface area (TPSA) is 64.1 Å². The number of carbonyl (C=O) groups is 2. The molecule has 0 spiro atoms. The largest absolute Gasteiger partial charge is 0.481 e. The molecule has 1 fully saturated rings. The van der Waals surface area contributed by atoms with Gasteiger partial charge in [0.25, 0.3) is 5.91 Å². The highest BCUT2D eigenvalue weighted by Crippen LogP contribution is 2.30. The summed E-state index contributed by atoms with van der Waals surface area (Å²) < 4.78 is 13.1. The van der Waals surface area contributed by atoms with Crippen molar-refractivity contribution < 1.29 is 19.1 Å². The first-order valence-corrected chi connectivity index (χ1v) is 9.86. The summed E-state index contributed by atoms with van der Waals surface area (Å²) in [6.07, 6.45) is 1.69. The zero-order chi connectivity index (χ0) is 20.7. The average Bonchev–Trinajstić information content (AvgIpc) is 2.65. The molecule has 1 aliphatic rings. The van der Waals surface area contributed by atoms with E-state index in [9.17, 15) is 19.1 Å². The summed E-state index contributed by atoms with van der Waals surface area (Å²) in [5.41, 5.74) is 0.472. The predicted molar refractivity (Wildman–Crippen MR) is 107 cm³/mol. The van der Waals surface area contributed by atoms with Crippen molar-refractivity contribution in [3.63, 3.8) is 0 Å². The molecule has 0 radical (unpaired) electrons. The van der Waals surface area contributed by atoms with Crippen molar-refractivity contribution in [3.8, 4) is 0 Å². The molecule has 28 heavy (non-hydrogen) atoms. The van der Waals surface area contributed by atoms with Crippen LogP contribution in [0.15, 0.2) is 24.3 Å². The van der Waals surface area contributed by atoms with E-state index in [1.54, 1.807) is 4.90 Å². The molecule has 1 N–H and O–H groups in total. The Morgan fingerprint density at radius 3 is 2.39 bits per heavy atom. The normalized spacial score (nSPS) is 20.0. The summed E-state index contributed by atoms with van der Waals surface area (Å²) in [4.78, 5) is 30.2. The second kappa shape index (κ2) is 10.5. The molecule has 2 atom stereocenters. The van der Waals surface area contributed by atoms with Crippen molar-refractivity contribution in [1.29, 1.82) is 0 Å². The number of benzene rings is 1. The van der Waals surface area contributed by atoms with E-state index in [4.69, 9.17) is 0 Å². The van der Waals surface area contributed by atoms with E-state index < -0.39 is 5.97 Å². The van der Waals surface area contributed by atoms with E-state index in [1.165, 1.54) is 24.3 Å². The third kappa shape index (κ3) is 6.87. The molecule has 0 aliphatic carbocycles. The number of likely N-dealkylation sites (tertiary alicyclic amines) is 1. The number of amides is 1. The Morgan fingerprint density at radius 2 is 1.79 bits per heavy atom. The molecule has 1 aromatic carbocycles. The Morgan fingerprint density at radius 1 is 1.11 bits per heavy atom. The number of nitrogens with zero attached hydrogens (tertiary/aromatic N) is 3. The van der Waals surface area contributed by atoms with Gasteiger partial charge in [-0.15, -0.1) is 0 Å². The molecule has 0 aromatic heterocycles. The predicted octanol–water partition coefficient (Wildman–Crippen LogP) is 2.26. The van der Waals surface area contributed by atoms with Crippen molar-refractivity contribution in [2.75, 3.05) is 53.9 Å². The number of rotatable bonds is 9.